The van der Waals surface area contributed by atoms with E-state index >= 15 is 0 Å². The standard InChI is InChI=1S/C30H34FNO3/c1-34-27-7-5-6-22(21-27)20-25(28-8-3-4-9-29(28)35-2)16-19-32-17-14-24(15-18-32)30(33)23-10-12-26(31)13-11-23/h3-13,21,24-25H,14-20H2,1-2H3. The van der Waals surface area contributed by atoms with Gasteiger partial charge in [-0.25, -0.2) is 4.39 Å². The van der Waals surface area contributed by atoms with E-state index in [4.69, 9.17) is 9.47 Å². The van der Waals surface area contributed by atoms with E-state index in [0.29, 0.717) is 11.5 Å². The molecule has 0 N–H and O–H groups in total. The normalized spacial score (nSPS) is 15.5. The molecule has 0 bridgehead atoms. The maximum atomic E-state index is 13.2. The monoisotopic (exact) mass is 475 g/mol. The van der Waals surface area contributed by atoms with Gasteiger partial charge in [-0.1, -0.05) is 30.3 Å². The lowest BCUT2D eigenvalue weighted by atomic mass is 9.86. The highest BCUT2D eigenvalue weighted by Gasteiger charge is 2.26. The molecule has 1 aliphatic heterocycles. The van der Waals surface area contributed by atoms with Crippen LogP contribution < -0.4 is 9.47 Å². The van der Waals surface area contributed by atoms with E-state index in [1.54, 1.807) is 26.4 Å². The van der Waals surface area contributed by atoms with Crippen molar-refractivity contribution >= 4 is 5.78 Å². The van der Waals surface area contributed by atoms with E-state index < -0.39 is 0 Å². The van der Waals surface area contributed by atoms with Gasteiger partial charge in [-0.15, -0.1) is 0 Å². The summed E-state index contributed by atoms with van der Waals surface area (Å²) in [5.74, 6) is 1.93. The van der Waals surface area contributed by atoms with E-state index in [-0.39, 0.29) is 17.5 Å². The van der Waals surface area contributed by atoms with Crippen molar-refractivity contribution in [2.24, 2.45) is 5.92 Å². The Labute approximate surface area is 207 Å². The van der Waals surface area contributed by atoms with Gasteiger partial charge in [0.15, 0.2) is 5.78 Å². The third kappa shape index (κ3) is 6.49. The van der Waals surface area contributed by atoms with Gasteiger partial charge in [-0.2, -0.15) is 0 Å². The van der Waals surface area contributed by atoms with E-state index in [9.17, 15) is 9.18 Å². The maximum Gasteiger partial charge on any atom is 0.166 e. The Kier molecular flexibility index (Phi) is 8.54. The van der Waals surface area contributed by atoms with Crippen molar-refractivity contribution in [2.45, 2.75) is 31.6 Å². The molecule has 0 aromatic heterocycles. The van der Waals surface area contributed by atoms with Gasteiger partial charge < -0.3 is 14.4 Å². The summed E-state index contributed by atoms with van der Waals surface area (Å²) in [7, 11) is 3.42. The SMILES string of the molecule is COc1cccc(CC(CCN2CCC(C(=O)c3ccc(F)cc3)CC2)c2ccccc2OC)c1. The number of benzene rings is 3. The number of hydrogen-bond acceptors (Lipinski definition) is 4. The number of hydrogen-bond donors (Lipinski definition) is 0. The summed E-state index contributed by atoms with van der Waals surface area (Å²) in [5.41, 5.74) is 3.07. The maximum absolute atomic E-state index is 13.2. The predicted molar refractivity (Wildman–Crippen MR) is 137 cm³/mol. The summed E-state index contributed by atoms with van der Waals surface area (Å²) >= 11 is 0. The highest BCUT2D eigenvalue weighted by molar-refractivity contribution is 5.97. The molecule has 1 fully saturated rings. The Hall–Kier alpha value is -3.18. The van der Waals surface area contributed by atoms with Crippen molar-refractivity contribution in [3.05, 3.63) is 95.3 Å². The number of carbonyl (C=O) groups is 1. The molecule has 3 aromatic rings. The molecular formula is C30H34FNO3. The molecule has 1 unspecified atom stereocenters. The molecule has 1 saturated heterocycles. The molecule has 184 valence electrons. The van der Waals surface area contributed by atoms with Gasteiger partial charge in [0.1, 0.15) is 17.3 Å². The number of para-hydroxylation sites is 1. The second kappa shape index (κ2) is 12.0. The van der Waals surface area contributed by atoms with Gasteiger partial charge in [0.05, 0.1) is 14.2 Å². The zero-order chi connectivity index (χ0) is 24.6. The fourth-order valence-corrected chi connectivity index (χ4v) is 5.06. The minimum absolute atomic E-state index is 0.0125. The first-order chi connectivity index (χ1) is 17.1. The average Bonchev–Trinajstić information content (AvgIpc) is 2.91. The third-order valence-electron chi connectivity index (χ3n) is 7.08. The molecule has 0 aliphatic carbocycles. The van der Waals surface area contributed by atoms with Crippen LogP contribution >= 0.6 is 0 Å². The highest BCUT2D eigenvalue weighted by Crippen LogP contribution is 2.33. The Bertz CT molecular complexity index is 1110. The van der Waals surface area contributed by atoms with Crippen LogP contribution in [-0.2, 0) is 6.42 Å². The van der Waals surface area contributed by atoms with Crippen molar-refractivity contribution in [3.8, 4) is 11.5 Å². The lowest BCUT2D eigenvalue weighted by Crippen LogP contribution is -2.37. The van der Waals surface area contributed by atoms with E-state index in [2.05, 4.69) is 29.2 Å². The number of halogens is 1. The van der Waals surface area contributed by atoms with Crippen LogP contribution in [0.1, 0.15) is 46.7 Å². The zero-order valence-corrected chi connectivity index (χ0v) is 20.6. The minimum atomic E-state index is -0.310. The Morgan fingerprint density at radius 1 is 0.971 bits per heavy atom. The van der Waals surface area contributed by atoms with Crippen molar-refractivity contribution in [1.29, 1.82) is 0 Å². The number of Topliss-reactive ketones (excluding diaryl/α,β-unsaturated/α-hetero) is 1. The van der Waals surface area contributed by atoms with Crippen LogP contribution in [-0.4, -0.2) is 44.5 Å². The zero-order valence-electron chi connectivity index (χ0n) is 20.6. The first-order valence-electron chi connectivity index (χ1n) is 12.4. The summed E-state index contributed by atoms with van der Waals surface area (Å²) in [6.45, 7) is 2.76. The molecule has 1 aliphatic rings. The molecule has 1 atom stereocenters. The van der Waals surface area contributed by atoms with Gasteiger partial charge in [0, 0.05) is 11.5 Å². The number of rotatable bonds is 10. The van der Waals surface area contributed by atoms with Crippen LogP contribution in [0.4, 0.5) is 4.39 Å². The van der Waals surface area contributed by atoms with E-state index in [1.165, 1.54) is 23.3 Å². The average molecular weight is 476 g/mol. The fourth-order valence-electron chi connectivity index (χ4n) is 5.06. The van der Waals surface area contributed by atoms with Gasteiger partial charge in [0.25, 0.3) is 0 Å². The van der Waals surface area contributed by atoms with Crippen LogP contribution in [0.3, 0.4) is 0 Å². The van der Waals surface area contributed by atoms with E-state index in [0.717, 1.165) is 56.8 Å². The fraction of sp³-hybridized carbons (Fsp3) is 0.367. The molecule has 0 radical (unpaired) electrons. The lowest BCUT2D eigenvalue weighted by molar-refractivity contribution is 0.0837. The van der Waals surface area contributed by atoms with Crippen molar-refractivity contribution in [1.82, 2.24) is 4.90 Å². The molecule has 5 heteroatoms. The first kappa shape index (κ1) is 24.9. The molecule has 1 heterocycles. The van der Waals surface area contributed by atoms with Gasteiger partial charge in [0.2, 0.25) is 0 Å². The Balaban J connectivity index is 1.39. The number of ketones is 1. The van der Waals surface area contributed by atoms with E-state index in [1.807, 2.05) is 24.3 Å². The molecule has 0 amide bonds. The summed E-state index contributed by atoms with van der Waals surface area (Å²) in [6.07, 6.45) is 3.57. The molecular weight excluding hydrogens is 441 g/mol. The largest absolute Gasteiger partial charge is 0.497 e. The van der Waals surface area contributed by atoms with Crippen LogP contribution in [0.15, 0.2) is 72.8 Å². The highest BCUT2D eigenvalue weighted by atomic mass is 19.1. The van der Waals surface area contributed by atoms with Crippen molar-refractivity contribution in [3.63, 3.8) is 0 Å². The van der Waals surface area contributed by atoms with Gasteiger partial charge in [-0.05, 0) is 105 Å². The third-order valence-corrected chi connectivity index (χ3v) is 7.08. The quantitative estimate of drug-likeness (QED) is 0.330. The van der Waals surface area contributed by atoms with Crippen molar-refractivity contribution < 1.29 is 18.7 Å². The number of methoxy groups -OCH3 is 2. The Morgan fingerprint density at radius 3 is 2.43 bits per heavy atom. The molecule has 4 rings (SSSR count). The summed E-state index contributed by atoms with van der Waals surface area (Å²) in [4.78, 5) is 15.3. The van der Waals surface area contributed by atoms with Gasteiger partial charge in [-0.3, -0.25) is 4.79 Å². The molecule has 0 saturated carbocycles. The molecule has 3 aromatic carbocycles. The predicted octanol–water partition coefficient (Wildman–Crippen LogP) is 6.15. The number of carbonyl (C=O) groups excluding carboxylic acids is 1. The molecule has 0 spiro atoms. The smallest absolute Gasteiger partial charge is 0.166 e. The second-order valence-electron chi connectivity index (χ2n) is 9.27. The number of ether oxygens (including phenoxy) is 2. The second-order valence-corrected chi connectivity index (χ2v) is 9.27. The number of nitrogens with zero attached hydrogens (tertiary/aromatic N) is 1. The Morgan fingerprint density at radius 2 is 1.71 bits per heavy atom. The molecule has 35 heavy (non-hydrogen) atoms. The first-order valence-corrected chi connectivity index (χ1v) is 12.4. The van der Waals surface area contributed by atoms with Crippen LogP contribution in [0, 0.1) is 11.7 Å². The van der Waals surface area contributed by atoms with Crippen LogP contribution in [0.2, 0.25) is 0 Å². The van der Waals surface area contributed by atoms with Gasteiger partial charge >= 0.3 is 0 Å². The number of likely N-dealkylation sites (tertiary alicyclic amines) is 1. The number of piperidine rings is 1. The lowest BCUT2D eigenvalue weighted by Gasteiger charge is -2.32. The van der Waals surface area contributed by atoms with Crippen LogP contribution in [0.25, 0.3) is 0 Å². The molecule has 4 nitrogen and oxygen atoms in total. The summed E-state index contributed by atoms with van der Waals surface area (Å²) in [5, 5.41) is 0. The summed E-state index contributed by atoms with van der Waals surface area (Å²) < 4.78 is 24.3. The van der Waals surface area contributed by atoms with Crippen LogP contribution in [0.5, 0.6) is 11.5 Å². The summed E-state index contributed by atoms with van der Waals surface area (Å²) in [6, 6.07) is 22.5. The minimum Gasteiger partial charge on any atom is -0.497 e. The topological polar surface area (TPSA) is 38.8 Å². The van der Waals surface area contributed by atoms with Crippen molar-refractivity contribution in [2.75, 3.05) is 33.9 Å².